The lowest BCUT2D eigenvalue weighted by Crippen LogP contribution is -2.29. The number of aromatic nitrogens is 2. The highest BCUT2D eigenvalue weighted by molar-refractivity contribution is 7.89. The molecule has 0 saturated carbocycles. The minimum absolute atomic E-state index is 0.0109. The van der Waals surface area contributed by atoms with Crippen LogP contribution in [-0.4, -0.2) is 41.2 Å². The number of halogens is 1. The van der Waals surface area contributed by atoms with Gasteiger partial charge < -0.3 is 4.98 Å². The molecule has 1 aromatic rings. The summed E-state index contributed by atoms with van der Waals surface area (Å²) in [4.78, 5) is 6.31. The van der Waals surface area contributed by atoms with Gasteiger partial charge in [0.1, 0.15) is 0 Å². The minimum Gasteiger partial charge on any atom is -0.334 e. The van der Waals surface area contributed by atoms with Gasteiger partial charge in [0, 0.05) is 30.9 Å². The molecule has 7 heteroatoms. The second-order valence-electron chi connectivity index (χ2n) is 3.14. The highest BCUT2D eigenvalue weighted by Crippen LogP contribution is 2.21. The highest BCUT2D eigenvalue weighted by atomic mass is 35.5. The molecule has 1 aromatic heterocycles. The number of aromatic amines is 1. The normalized spacial score (nSPS) is 24.2. The number of hydrogen-bond donors (Lipinski definition) is 1. The Balaban J connectivity index is 2.26. The lowest BCUT2D eigenvalue weighted by Gasteiger charge is -2.12. The summed E-state index contributed by atoms with van der Waals surface area (Å²) in [5.41, 5.74) is 0. The van der Waals surface area contributed by atoms with Crippen LogP contribution in [0.15, 0.2) is 17.6 Å². The second-order valence-corrected chi connectivity index (χ2v) is 5.61. The topological polar surface area (TPSA) is 66.1 Å². The zero-order valence-electron chi connectivity index (χ0n) is 7.35. The minimum atomic E-state index is -3.45. The molecule has 1 unspecified atom stereocenters. The Labute approximate surface area is 87.1 Å². The van der Waals surface area contributed by atoms with Crippen molar-refractivity contribution in [2.75, 3.05) is 13.1 Å². The number of alkyl halides is 1. The standard InChI is InChI=1S/C7H10ClN3O2S/c8-6-1-4-11(5-6)14(12,13)7-9-2-3-10-7/h2-3,6H,1,4-5H2,(H,9,10). The molecule has 0 spiro atoms. The third-order valence-corrected chi connectivity index (χ3v) is 4.23. The van der Waals surface area contributed by atoms with E-state index in [2.05, 4.69) is 9.97 Å². The molecular formula is C7H10ClN3O2S. The van der Waals surface area contributed by atoms with E-state index < -0.39 is 10.0 Å². The van der Waals surface area contributed by atoms with Crippen molar-refractivity contribution in [1.29, 1.82) is 0 Å². The molecule has 1 aliphatic heterocycles. The lowest BCUT2D eigenvalue weighted by atomic mass is 10.4. The first-order valence-corrected chi connectivity index (χ1v) is 6.12. The molecule has 1 saturated heterocycles. The van der Waals surface area contributed by atoms with E-state index in [0.29, 0.717) is 19.5 Å². The maximum atomic E-state index is 11.8. The summed E-state index contributed by atoms with van der Waals surface area (Å²) >= 11 is 5.84. The van der Waals surface area contributed by atoms with Gasteiger partial charge in [0.15, 0.2) is 0 Å². The summed E-state index contributed by atoms with van der Waals surface area (Å²) < 4.78 is 25.0. The largest absolute Gasteiger partial charge is 0.334 e. The van der Waals surface area contributed by atoms with Gasteiger partial charge >= 0.3 is 0 Å². The first-order valence-electron chi connectivity index (χ1n) is 4.24. The number of rotatable bonds is 2. The molecule has 78 valence electrons. The predicted molar refractivity (Wildman–Crippen MR) is 51.6 cm³/mol. The molecule has 0 amide bonds. The van der Waals surface area contributed by atoms with Crippen LogP contribution in [-0.2, 0) is 10.0 Å². The van der Waals surface area contributed by atoms with E-state index >= 15 is 0 Å². The number of H-pyrrole nitrogens is 1. The average molecular weight is 236 g/mol. The molecule has 0 radical (unpaired) electrons. The Kier molecular flexibility index (Phi) is 2.50. The molecular weight excluding hydrogens is 226 g/mol. The van der Waals surface area contributed by atoms with Crippen molar-refractivity contribution in [2.24, 2.45) is 0 Å². The summed E-state index contributed by atoms with van der Waals surface area (Å²) in [7, 11) is -3.45. The van der Waals surface area contributed by atoms with Crippen LogP contribution >= 0.6 is 11.6 Å². The van der Waals surface area contributed by atoms with Crippen molar-refractivity contribution >= 4 is 21.6 Å². The fourth-order valence-corrected chi connectivity index (χ4v) is 3.14. The summed E-state index contributed by atoms with van der Waals surface area (Å²) in [5, 5.41) is -0.0944. The first kappa shape index (κ1) is 9.95. The Morgan fingerprint density at radius 2 is 2.43 bits per heavy atom. The van der Waals surface area contributed by atoms with Gasteiger partial charge in [-0.05, 0) is 6.42 Å². The number of imidazole rings is 1. The molecule has 1 N–H and O–H groups in total. The fourth-order valence-electron chi connectivity index (χ4n) is 1.42. The Morgan fingerprint density at radius 3 is 2.93 bits per heavy atom. The van der Waals surface area contributed by atoms with E-state index in [1.54, 1.807) is 0 Å². The molecule has 1 fully saturated rings. The smallest absolute Gasteiger partial charge is 0.276 e. The van der Waals surface area contributed by atoms with Crippen molar-refractivity contribution in [1.82, 2.24) is 14.3 Å². The van der Waals surface area contributed by atoms with Crippen LogP contribution in [0.4, 0.5) is 0 Å². The Hall–Kier alpha value is -0.590. The van der Waals surface area contributed by atoms with Crippen LogP contribution in [0.1, 0.15) is 6.42 Å². The van der Waals surface area contributed by atoms with Gasteiger partial charge in [0.05, 0.1) is 0 Å². The third kappa shape index (κ3) is 1.65. The van der Waals surface area contributed by atoms with Gasteiger partial charge in [0.2, 0.25) is 5.16 Å². The van der Waals surface area contributed by atoms with Crippen LogP contribution in [0, 0.1) is 0 Å². The SMILES string of the molecule is O=S(=O)(c1ncc[nH]1)N1CCC(Cl)C1. The second kappa shape index (κ2) is 3.52. The molecule has 0 aliphatic carbocycles. The number of sulfonamides is 1. The first-order chi connectivity index (χ1) is 6.60. The van der Waals surface area contributed by atoms with Crippen LogP contribution in [0.3, 0.4) is 0 Å². The van der Waals surface area contributed by atoms with E-state index in [-0.39, 0.29) is 10.5 Å². The molecule has 2 rings (SSSR count). The van der Waals surface area contributed by atoms with Crippen molar-refractivity contribution in [2.45, 2.75) is 17.0 Å². The zero-order valence-corrected chi connectivity index (χ0v) is 8.92. The van der Waals surface area contributed by atoms with Crippen LogP contribution in [0.5, 0.6) is 0 Å². The Bertz CT molecular complexity index is 403. The molecule has 0 aromatic carbocycles. The maximum Gasteiger partial charge on any atom is 0.276 e. The summed E-state index contributed by atoms with van der Waals surface area (Å²) in [6.45, 7) is 0.835. The number of nitrogens with one attached hydrogen (secondary N) is 1. The van der Waals surface area contributed by atoms with Crippen molar-refractivity contribution in [3.8, 4) is 0 Å². The van der Waals surface area contributed by atoms with Crippen molar-refractivity contribution in [3.63, 3.8) is 0 Å². The number of hydrogen-bond acceptors (Lipinski definition) is 3. The number of nitrogens with zero attached hydrogens (tertiary/aromatic N) is 2. The van der Waals surface area contributed by atoms with Gasteiger partial charge in [-0.1, -0.05) is 0 Å². The molecule has 2 heterocycles. The monoisotopic (exact) mass is 235 g/mol. The van der Waals surface area contributed by atoms with Gasteiger partial charge in [-0.15, -0.1) is 11.6 Å². The van der Waals surface area contributed by atoms with Crippen LogP contribution in [0.25, 0.3) is 0 Å². The van der Waals surface area contributed by atoms with Gasteiger partial charge in [-0.2, -0.15) is 4.31 Å². The third-order valence-electron chi connectivity index (χ3n) is 2.15. The molecule has 5 nitrogen and oxygen atoms in total. The predicted octanol–water partition coefficient (Wildman–Crippen LogP) is 0.412. The molecule has 1 atom stereocenters. The van der Waals surface area contributed by atoms with E-state index in [0.717, 1.165) is 0 Å². The molecule has 14 heavy (non-hydrogen) atoms. The van der Waals surface area contributed by atoms with Crippen molar-refractivity contribution in [3.05, 3.63) is 12.4 Å². The quantitative estimate of drug-likeness (QED) is 0.756. The fraction of sp³-hybridized carbons (Fsp3) is 0.571. The average Bonchev–Trinajstić information content (AvgIpc) is 2.72. The van der Waals surface area contributed by atoms with Crippen LogP contribution in [0.2, 0.25) is 0 Å². The van der Waals surface area contributed by atoms with Crippen LogP contribution < -0.4 is 0 Å². The van der Waals surface area contributed by atoms with Gasteiger partial charge in [-0.3, -0.25) is 0 Å². The van der Waals surface area contributed by atoms with E-state index in [1.807, 2.05) is 0 Å². The lowest BCUT2D eigenvalue weighted by molar-refractivity contribution is 0.472. The molecule has 0 bridgehead atoms. The summed E-state index contributed by atoms with van der Waals surface area (Å²) in [6.07, 6.45) is 3.60. The van der Waals surface area contributed by atoms with Gasteiger partial charge in [-0.25, -0.2) is 13.4 Å². The molecule has 1 aliphatic rings. The van der Waals surface area contributed by atoms with E-state index in [4.69, 9.17) is 11.6 Å². The zero-order chi connectivity index (χ0) is 10.2. The highest BCUT2D eigenvalue weighted by Gasteiger charge is 2.32. The summed E-state index contributed by atoms with van der Waals surface area (Å²) in [5.74, 6) is 0. The van der Waals surface area contributed by atoms with E-state index in [9.17, 15) is 8.42 Å². The van der Waals surface area contributed by atoms with Crippen molar-refractivity contribution < 1.29 is 8.42 Å². The Morgan fingerprint density at radius 1 is 1.64 bits per heavy atom. The maximum absolute atomic E-state index is 11.8. The van der Waals surface area contributed by atoms with E-state index in [1.165, 1.54) is 16.7 Å². The summed E-state index contributed by atoms with van der Waals surface area (Å²) in [6, 6.07) is 0. The van der Waals surface area contributed by atoms with Gasteiger partial charge in [0.25, 0.3) is 10.0 Å².